The molecule has 152 valence electrons. The smallest absolute Gasteiger partial charge is 0.191 e. The highest BCUT2D eigenvalue weighted by Gasteiger charge is 2.13. The van der Waals surface area contributed by atoms with Gasteiger partial charge in [0, 0.05) is 33.1 Å². The number of guanidine groups is 1. The molecular weight excluding hydrogens is 369 g/mol. The molecule has 3 aromatic rings. The summed E-state index contributed by atoms with van der Waals surface area (Å²) < 4.78 is 20.5. The number of ether oxygens (including phenoxy) is 1. The Morgan fingerprint density at radius 2 is 1.97 bits per heavy atom. The van der Waals surface area contributed by atoms with Gasteiger partial charge in [-0.3, -0.25) is 4.99 Å². The van der Waals surface area contributed by atoms with Gasteiger partial charge >= 0.3 is 0 Å². The van der Waals surface area contributed by atoms with Crippen LogP contribution in [0.3, 0.4) is 0 Å². The molecule has 2 atom stereocenters. The van der Waals surface area contributed by atoms with Gasteiger partial charge in [-0.1, -0.05) is 24.3 Å². The zero-order chi connectivity index (χ0) is 20.6. The topological polar surface area (TPSA) is 63.5 Å². The maximum atomic E-state index is 13.2. The molecule has 0 fully saturated rings. The van der Waals surface area contributed by atoms with Crippen molar-refractivity contribution in [1.29, 1.82) is 0 Å². The Morgan fingerprint density at radius 1 is 1.17 bits per heavy atom. The first-order valence-corrected chi connectivity index (χ1v) is 9.46. The number of hydrogen-bond donors (Lipinski definition) is 2. The van der Waals surface area contributed by atoms with Crippen LogP contribution >= 0.6 is 0 Å². The van der Waals surface area contributed by atoms with Crippen LogP contribution in [0, 0.1) is 5.82 Å². The molecule has 0 aliphatic carbocycles. The van der Waals surface area contributed by atoms with E-state index in [1.165, 1.54) is 12.1 Å². The lowest BCUT2D eigenvalue weighted by atomic mass is 10.1. The van der Waals surface area contributed by atoms with E-state index in [9.17, 15) is 4.39 Å². The number of aromatic nitrogens is 2. The molecule has 7 heteroatoms. The minimum Gasteiger partial charge on any atom is -0.375 e. The van der Waals surface area contributed by atoms with Crippen molar-refractivity contribution in [2.75, 3.05) is 20.7 Å². The van der Waals surface area contributed by atoms with Gasteiger partial charge in [-0.2, -0.15) is 5.10 Å². The van der Waals surface area contributed by atoms with Crippen molar-refractivity contribution in [1.82, 2.24) is 20.4 Å². The van der Waals surface area contributed by atoms with Gasteiger partial charge in [0.15, 0.2) is 5.96 Å². The number of rotatable bonds is 7. The van der Waals surface area contributed by atoms with Crippen molar-refractivity contribution >= 4 is 5.96 Å². The highest BCUT2D eigenvalue weighted by molar-refractivity contribution is 5.80. The van der Waals surface area contributed by atoms with Crippen LogP contribution in [0.4, 0.5) is 4.39 Å². The molecule has 0 bridgehead atoms. The first-order valence-electron chi connectivity index (χ1n) is 9.46. The molecule has 29 heavy (non-hydrogen) atoms. The van der Waals surface area contributed by atoms with Crippen molar-refractivity contribution in [2.24, 2.45) is 4.99 Å². The average molecular weight is 395 g/mol. The number of methoxy groups -OCH3 is 1. The van der Waals surface area contributed by atoms with Gasteiger partial charge in [-0.15, -0.1) is 0 Å². The van der Waals surface area contributed by atoms with Crippen LogP contribution in [-0.4, -0.2) is 36.4 Å². The number of halogens is 1. The highest BCUT2D eigenvalue weighted by Crippen LogP contribution is 2.18. The van der Waals surface area contributed by atoms with Crippen molar-refractivity contribution in [3.8, 4) is 5.69 Å². The zero-order valence-electron chi connectivity index (χ0n) is 16.8. The monoisotopic (exact) mass is 395 g/mol. The number of nitrogens with zero attached hydrogens (tertiary/aromatic N) is 3. The van der Waals surface area contributed by atoms with E-state index in [0.29, 0.717) is 12.5 Å². The van der Waals surface area contributed by atoms with Crippen LogP contribution in [0.5, 0.6) is 0 Å². The Labute approximate surface area is 170 Å². The van der Waals surface area contributed by atoms with Gasteiger partial charge in [-0.05, 0) is 48.4 Å². The molecule has 0 radical (unpaired) electrons. The minimum absolute atomic E-state index is 0.0310. The molecule has 2 N–H and O–H groups in total. The van der Waals surface area contributed by atoms with Gasteiger partial charge in [0.1, 0.15) is 5.82 Å². The fraction of sp³-hybridized carbons (Fsp3) is 0.273. The van der Waals surface area contributed by atoms with Gasteiger partial charge in [0.05, 0.1) is 17.8 Å². The van der Waals surface area contributed by atoms with E-state index in [4.69, 9.17) is 4.74 Å². The third kappa shape index (κ3) is 5.42. The molecule has 0 spiro atoms. The first-order chi connectivity index (χ1) is 14.1. The lowest BCUT2D eigenvalue weighted by molar-refractivity contribution is 0.106. The van der Waals surface area contributed by atoms with E-state index < -0.39 is 0 Å². The molecule has 0 saturated carbocycles. The molecule has 2 aromatic carbocycles. The van der Waals surface area contributed by atoms with Crippen molar-refractivity contribution in [2.45, 2.75) is 19.1 Å². The zero-order valence-corrected chi connectivity index (χ0v) is 16.8. The lowest BCUT2D eigenvalue weighted by Gasteiger charge is -2.22. The number of benzene rings is 2. The minimum atomic E-state index is -0.264. The Bertz CT molecular complexity index is 925. The Hall–Kier alpha value is -3.19. The largest absolute Gasteiger partial charge is 0.375 e. The summed E-state index contributed by atoms with van der Waals surface area (Å²) in [5, 5.41) is 10.9. The second-order valence-corrected chi connectivity index (χ2v) is 6.64. The van der Waals surface area contributed by atoms with Crippen LogP contribution in [0.25, 0.3) is 5.69 Å². The first kappa shape index (κ1) is 20.5. The van der Waals surface area contributed by atoms with Crippen molar-refractivity contribution in [3.63, 3.8) is 0 Å². The molecule has 6 nitrogen and oxygen atoms in total. The summed E-state index contributed by atoms with van der Waals surface area (Å²) in [6, 6.07) is 16.4. The molecular formula is C22H26FN5O. The molecule has 1 aromatic heterocycles. The van der Waals surface area contributed by atoms with Gasteiger partial charge in [-0.25, -0.2) is 9.07 Å². The van der Waals surface area contributed by atoms with Crippen LogP contribution in [0.15, 0.2) is 72.0 Å². The molecule has 2 unspecified atom stereocenters. The Morgan fingerprint density at radius 3 is 2.62 bits per heavy atom. The standard InChI is InChI=1S/C22H26FN5O/c1-16(18-6-4-7-20(14-18)28-13-5-12-26-28)27-22(24-2)25-15-21(29-3)17-8-10-19(23)11-9-17/h4-14,16,21H,15H2,1-3H3,(H2,24,25,27). The van der Waals surface area contributed by atoms with E-state index in [2.05, 4.69) is 39.8 Å². The average Bonchev–Trinajstić information content (AvgIpc) is 3.29. The predicted octanol–water partition coefficient (Wildman–Crippen LogP) is 3.63. The second-order valence-electron chi connectivity index (χ2n) is 6.64. The third-order valence-electron chi connectivity index (χ3n) is 4.70. The fourth-order valence-electron chi connectivity index (χ4n) is 3.05. The summed E-state index contributed by atoms with van der Waals surface area (Å²) in [5.41, 5.74) is 3.01. The Balaban J connectivity index is 1.62. The number of hydrogen-bond acceptors (Lipinski definition) is 3. The van der Waals surface area contributed by atoms with E-state index in [1.54, 1.807) is 32.5 Å². The summed E-state index contributed by atoms with van der Waals surface area (Å²) in [4.78, 5) is 4.30. The molecule has 1 heterocycles. The maximum absolute atomic E-state index is 13.2. The van der Waals surface area contributed by atoms with E-state index in [0.717, 1.165) is 16.8 Å². The summed E-state index contributed by atoms with van der Waals surface area (Å²) in [6.07, 6.45) is 3.46. The van der Waals surface area contributed by atoms with Crippen LogP contribution in [0.1, 0.15) is 30.2 Å². The molecule has 0 aliphatic rings. The SMILES string of the molecule is CN=C(NCC(OC)c1ccc(F)cc1)NC(C)c1cccc(-n2cccn2)c1. The van der Waals surface area contributed by atoms with E-state index in [1.807, 2.05) is 29.1 Å². The summed E-state index contributed by atoms with van der Waals surface area (Å²) in [6.45, 7) is 2.57. The van der Waals surface area contributed by atoms with Crippen molar-refractivity contribution in [3.05, 3.63) is 83.9 Å². The third-order valence-corrected chi connectivity index (χ3v) is 4.70. The summed E-state index contributed by atoms with van der Waals surface area (Å²) >= 11 is 0. The van der Waals surface area contributed by atoms with Gasteiger partial charge in [0.25, 0.3) is 0 Å². The normalized spacial score (nSPS) is 13.7. The quantitative estimate of drug-likeness (QED) is 0.474. The van der Waals surface area contributed by atoms with Gasteiger partial charge < -0.3 is 15.4 Å². The number of aliphatic imine (C=N–C) groups is 1. The summed E-state index contributed by atoms with van der Waals surface area (Å²) in [5.74, 6) is 0.395. The molecule has 3 rings (SSSR count). The molecule has 0 aliphatic heterocycles. The van der Waals surface area contributed by atoms with Crippen LogP contribution in [-0.2, 0) is 4.74 Å². The summed E-state index contributed by atoms with van der Waals surface area (Å²) in [7, 11) is 3.36. The number of nitrogens with one attached hydrogen (secondary N) is 2. The van der Waals surface area contributed by atoms with Crippen LogP contribution < -0.4 is 10.6 Å². The maximum Gasteiger partial charge on any atom is 0.191 e. The second kappa shape index (κ2) is 9.84. The predicted molar refractivity (Wildman–Crippen MR) is 113 cm³/mol. The van der Waals surface area contributed by atoms with E-state index >= 15 is 0 Å². The highest BCUT2D eigenvalue weighted by atomic mass is 19.1. The van der Waals surface area contributed by atoms with Gasteiger partial charge in [0.2, 0.25) is 0 Å². The molecule has 0 saturated heterocycles. The lowest BCUT2D eigenvalue weighted by Crippen LogP contribution is -2.40. The van der Waals surface area contributed by atoms with Crippen LogP contribution in [0.2, 0.25) is 0 Å². The van der Waals surface area contributed by atoms with Crippen molar-refractivity contribution < 1.29 is 9.13 Å². The van der Waals surface area contributed by atoms with E-state index in [-0.39, 0.29) is 18.0 Å². The fourth-order valence-corrected chi connectivity index (χ4v) is 3.05. The Kier molecular flexibility index (Phi) is 6.97. The molecule has 0 amide bonds.